The zero-order chi connectivity index (χ0) is 14.8. The van der Waals surface area contributed by atoms with Gasteiger partial charge in [-0.25, -0.2) is 0 Å². The zero-order valence-electron chi connectivity index (χ0n) is 10.6. The van der Waals surface area contributed by atoms with Crippen LogP contribution in [0.5, 0.6) is 5.75 Å². The lowest BCUT2D eigenvalue weighted by Gasteiger charge is -2.12. The van der Waals surface area contributed by atoms with Gasteiger partial charge in [-0.2, -0.15) is 13.2 Å². The molecule has 108 valence electrons. The summed E-state index contributed by atoms with van der Waals surface area (Å²) in [5.74, 6) is 0.0900. The number of hydrogen-bond acceptors (Lipinski definition) is 3. The monoisotopic (exact) mass is 302 g/mol. The van der Waals surface area contributed by atoms with Gasteiger partial charge in [0, 0.05) is 9.75 Å². The molecular weight excluding hydrogens is 289 g/mol. The van der Waals surface area contributed by atoms with Gasteiger partial charge in [0.2, 0.25) is 0 Å². The van der Waals surface area contributed by atoms with E-state index in [2.05, 4.69) is 0 Å². The maximum atomic E-state index is 12.5. The first-order chi connectivity index (χ1) is 9.36. The highest BCUT2D eigenvalue weighted by Crippen LogP contribution is 2.31. The number of halogens is 3. The Morgan fingerprint density at radius 3 is 2.60 bits per heavy atom. The fourth-order valence-corrected chi connectivity index (χ4v) is 2.50. The number of benzene rings is 1. The highest BCUT2D eigenvalue weighted by Gasteiger charge is 2.30. The Labute approximate surface area is 118 Å². The van der Waals surface area contributed by atoms with Crippen LogP contribution in [0.1, 0.15) is 21.4 Å². The normalized spacial score (nSPS) is 13.2. The van der Waals surface area contributed by atoms with E-state index < -0.39 is 17.8 Å². The second-order valence-electron chi connectivity index (χ2n) is 4.30. The number of aliphatic hydroxyl groups excluding tert-OH is 1. The van der Waals surface area contributed by atoms with Crippen LogP contribution >= 0.6 is 11.3 Å². The summed E-state index contributed by atoms with van der Waals surface area (Å²) in [6.07, 6.45) is -5.24. The van der Waals surface area contributed by atoms with Gasteiger partial charge in [-0.05, 0) is 37.3 Å². The molecule has 1 N–H and O–H groups in total. The third kappa shape index (κ3) is 3.74. The topological polar surface area (TPSA) is 29.5 Å². The van der Waals surface area contributed by atoms with E-state index in [1.165, 1.54) is 23.5 Å². The molecule has 6 heteroatoms. The molecule has 2 nitrogen and oxygen atoms in total. The van der Waals surface area contributed by atoms with E-state index in [9.17, 15) is 18.3 Å². The number of alkyl halides is 3. The highest BCUT2D eigenvalue weighted by atomic mass is 32.1. The molecule has 0 bridgehead atoms. The molecule has 0 spiro atoms. The molecule has 1 atom stereocenters. The molecule has 1 aromatic heterocycles. The number of aliphatic hydroxyl groups is 1. The van der Waals surface area contributed by atoms with Gasteiger partial charge in [0.15, 0.2) is 0 Å². The van der Waals surface area contributed by atoms with Crippen LogP contribution in [-0.2, 0) is 6.18 Å². The van der Waals surface area contributed by atoms with Crippen molar-refractivity contribution in [1.82, 2.24) is 0 Å². The van der Waals surface area contributed by atoms with E-state index in [1.807, 2.05) is 13.0 Å². The first kappa shape index (κ1) is 14.9. The first-order valence-corrected chi connectivity index (χ1v) is 6.72. The molecule has 1 heterocycles. The van der Waals surface area contributed by atoms with Crippen molar-refractivity contribution in [3.05, 3.63) is 51.7 Å². The second kappa shape index (κ2) is 5.85. The van der Waals surface area contributed by atoms with Crippen molar-refractivity contribution in [2.24, 2.45) is 0 Å². The van der Waals surface area contributed by atoms with Crippen molar-refractivity contribution in [1.29, 1.82) is 0 Å². The lowest BCUT2D eigenvalue weighted by Crippen LogP contribution is -2.09. The number of thiophene rings is 1. The van der Waals surface area contributed by atoms with Crippen molar-refractivity contribution in [2.75, 3.05) is 6.61 Å². The molecular formula is C14H13F3O2S. The second-order valence-corrected chi connectivity index (χ2v) is 5.62. The highest BCUT2D eigenvalue weighted by molar-refractivity contribution is 7.12. The average molecular weight is 302 g/mol. The van der Waals surface area contributed by atoms with Crippen LogP contribution in [0.4, 0.5) is 13.2 Å². The fourth-order valence-electron chi connectivity index (χ4n) is 1.65. The maximum absolute atomic E-state index is 12.5. The molecule has 0 saturated heterocycles. The Morgan fingerprint density at radius 2 is 2.00 bits per heavy atom. The van der Waals surface area contributed by atoms with Gasteiger partial charge in [-0.1, -0.05) is 6.07 Å². The maximum Gasteiger partial charge on any atom is 0.416 e. The van der Waals surface area contributed by atoms with Crippen molar-refractivity contribution >= 4 is 11.3 Å². The summed E-state index contributed by atoms with van der Waals surface area (Å²) in [6.45, 7) is 1.83. The Bertz CT molecular complexity index is 578. The van der Waals surface area contributed by atoms with E-state index in [-0.39, 0.29) is 12.4 Å². The number of aryl methyl sites for hydroxylation is 1. The smallest absolute Gasteiger partial charge is 0.416 e. The third-order valence-electron chi connectivity index (χ3n) is 2.66. The van der Waals surface area contributed by atoms with E-state index in [4.69, 9.17) is 4.74 Å². The summed E-state index contributed by atoms with van der Waals surface area (Å²) in [6, 6.07) is 8.26. The fraction of sp³-hybridized carbons (Fsp3) is 0.286. The minimum atomic E-state index is -4.40. The number of hydrogen-bond donors (Lipinski definition) is 1. The molecule has 20 heavy (non-hydrogen) atoms. The largest absolute Gasteiger partial charge is 0.490 e. The van der Waals surface area contributed by atoms with Crippen molar-refractivity contribution in [3.8, 4) is 5.75 Å². The Kier molecular flexibility index (Phi) is 4.35. The summed E-state index contributed by atoms with van der Waals surface area (Å²) in [5.41, 5.74) is -0.767. The number of rotatable bonds is 4. The SMILES string of the molecule is Cc1ccc(C(O)COc2cccc(C(F)(F)F)c2)s1. The van der Waals surface area contributed by atoms with Gasteiger partial charge in [-0.15, -0.1) is 11.3 Å². The molecule has 0 aliphatic heterocycles. The van der Waals surface area contributed by atoms with Crippen LogP contribution in [0.25, 0.3) is 0 Å². The quantitative estimate of drug-likeness (QED) is 0.917. The van der Waals surface area contributed by atoms with E-state index in [1.54, 1.807) is 6.07 Å². The molecule has 0 aliphatic carbocycles. The third-order valence-corrected chi connectivity index (χ3v) is 3.76. The number of ether oxygens (including phenoxy) is 1. The standard InChI is InChI=1S/C14H13F3O2S/c1-9-5-6-13(20-9)12(18)8-19-11-4-2-3-10(7-11)14(15,16)17/h2-7,12,18H,8H2,1H3. The van der Waals surface area contributed by atoms with Gasteiger partial charge < -0.3 is 9.84 Å². The minimum Gasteiger partial charge on any atom is -0.490 e. The molecule has 1 aromatic carbocycles. The lowest BCUT2D eigenvalue weighted by atomic mass is 10.2. The Hall–Kier alpha value is -1.53. The van der Waals surface area contributed by atoms with Gasteiger partial charge in [0.05, 0.1) is 5.56 Å². The summed E-state index contributed by atoms with van der Waals surface area (Å²) >= 11 is 1.43. The molecule has 0 amide bonds. The van der Waals surface area contributed by atoms with Crippen LogP contribution in [-0.4, -0.2) is 11.7 Å². The summed E-state index contributed by atoms with van der Waals surface area (Å²) in [7, 11) is 0. The van der Waals surface area contributed by atoms with Crippen molar-refractivity contribution in [2.45, 2.75) is 19.2 Å². The Morgan fingerprint density at radius 1 is 1.25 bits per heavy atom. The van der Waals surface area contributed by atoms with E-state index >= 15 is 0 Å². The van der Waals surface area contributed by atoms with Gasteiger partial charge in [0.1, 0.15) is 18.5 Å². The average Bonchev–Trinajstić information content (AvgIpc) is 2.82. The minimum absolute atomic E-state index is 0.0821. The van der Waals surface area contributed by atoms with Crippen LogP contribution in [0, 0.1) is 6.92 Å². The molecule has 1 unspecified atom stereocenters. The first-order valence-electron chi connectivity index (χ1n) is 5.91. The summed E-state index contributed by atoms with van der Waals surface area (Å²) in [4.78, 5) is 1.78. The molecule has 2 rings (SSSR count). The van der Waals surface area contributed by atoms with Crippen molar-refractivity contribution < 1.29 is 23.0 Å². The van der Waals surface area contributed by atoms with Crippen LogP contribution < -0.4 is 4.74 Å². The predicted molar refractivity (Wildman–Crippen MR) is 71.0 cm³/mol. The molecule has 0 fully saturated rings. The predicted octanol–water partition coefficient (Wildman–Crippen LogP) is 4.19. The van der Waals surface area contributed by atoms with Crippen LogP contribution in [0.3, 0.4) is 0 Å². The van der Waals surface area contributed by atoms with E-state index in [0.29, 0.717) is 0 Å². The molecule has 2 aromatic rings. The van der Waals surface area contributed by atoms with Crippen molar-refractivity contribution in [3.63, 3.8) is 0 Å². The lowest BCUT2D eigenvalue weighted by molar-refractivity contribution is -0.137. The molecule has 0 saturated carbocycles. The van der Waals surface area contributed by atoms with Crippen LogP contribution in [0.2, 0.25) is 0 Å². The van der Waals surface area contributed by atoms with E-state index in [0.717, 1.165) is 21.9 Å². The van der Waals surface area contributed by atoms with Gasteiger partial charge in [-0.3, -0.25) is 0 Å². The zero-order valence-corrected chi connectivity index (χ0v) is 11.5. The van der Waals surface area contributed by atoms with Gasteiger partial charge >= 0.3 is 6.18 Å². The molecule has 0 aliphatic rings. The van der Waals surface area contributed by atoms with Gasteiger partial charge in [0.25, 0.3) is 0 Å². The van der Waals surface area contributed by atoms with Crippen LogP contribution in [0.15, 0.2) is 36.4 Å². The summed E-state index contributed by atoms with van der Waals surface area (Å²) < 4.78 is 42.8. The summed E-state index contributed by atoms with van der Waals surface area (Å²) in [5, 5.41) is 9.89. The molecule has 0 radical (unpaired) electrons. The Balaban J connectivity index is 2.00.